The number of hydrogen-bond donors (Lipinski definition) is 0. The summed E-state index contributed by atoms with van der Waals surface area (Å²) in [7, 11) is 0. The van der Waals surface area contributed by atoms with Crippen molar-refractivity contribution in [2.45, 2.75) is 13.5 Å². The number of allylic oxidation sites excluding steroid dienone is 1. The smallest absolute Gasteiger partial charge is 0.338 e. The lowest BCUT2D eigenvalue weighted by Gasteiger charge is -2.03. The van der Waals surface area contributed by atoms with Gasteiger partial charge in [0.2, 0.25) is 0 Å². The third-order valence-corrected chi connectivity index (χ3v) is 5.41. The molecule has 0 saturated heterocycles. The molecule has 5 nitrogen and oxygen atoms in total. The molecule has 0 radical (unpaired) electrons. The molecule has 148 valence electrons. The molecular formula is C22H19ClN2O3S. The predicted molar refractivity (Wildman–Crippen MR) is 117 cm³/mol. The van der Waals surface area contributed by atoms with E-state index in [9.17, 15) is 9.59 Å². The van der Waals surface area contributed by atoms with Crippen LogP contribution in [0.25, 0.3) is 16.3 Å². The van der Waals surface area contributed by atoms with Gasteiger partial charge in [0.25, 0.3) is 5.91 Å². The number of fused-ring (bicyclic) bond motifs is 1. The Kier molecular flexibility index (Phi) is 6.80. The SMILES string of the molecule is C=CCn1c(=NC(=O)C=Cc2ccccc2Cl)sc2cc(C(=O)OCC)ccc21. The van der Waals surface area contributed by atoms with Gasteiger partial charge in [-0.2, -0.15) is 4.99 Å². The largest absolute Gasteiger partial charge is 0.462 e. The first-order chi connectivity index (χ1) is 14.0. The van der Waals surface area contributed by atoms with Gasteiger partial charge in [-0.1, -0.05) is 47.2 Å². The Bertz CT molecular complexity index is 1170. The molecule has 2 aromatic carbocycles. The lowest BCUT2D eigenvalue weighted by molar-refractivity contribution is -0.113. The number of esters is 1. The number of amides is 1. The standard InChI is InChI=1S/C22H19ClN2O3S/c1-3-13-25-18-11-9-16(21(27)28-4-2)14-19(18)29-22(25)24-20(26)12-10-15-7-5-6-8-17(15)23/h3,5-12,14H,1,4,13H2,2H3. The van der Waals surface area contributed by atoms with E-state index in [-0.39, 0.29) is 5.97 Å². The first-order valence-corrected chi connectivity index (χ1v) is 10.2. The fraction of sp³-hybridized carbons (Fsp3) is 0.136. The number of carbonyl (C=O) groups is 2. The third-order valence-electron chi connectivity index (χ3n) is 4.02. The number of thiazole rings is 1. The molecule has 1 heterocycles. The first kappa shape index (κ1) is 20.8. The highest BCUT2D eigenvalue weighted by molar-refractivity contribution is 7.16. The predicted octanol–water partition coefficient (Wildman–Crippen LogP) is 4.86. The molecular weight excluding hydrogens is 408 g/mol. The lowest BCUT2D eigenvalue weighted by atomic mass is 10.2. The number of benzene rings is 2. The molecule has 0 aliphatic carbocycles. The Labute approximate surface area is 177 Å². The molecule has 3 aromatic rings. The topological polar surface area (TPSA) is 60.7 Å². The van der Waals surface area contributed by atoms with Crippen LogP contribution in [-0.2, 0) is 16.1 Å². The molecule has 0 fully saturated rings. The van der Waals surface area contributed by atoms with Crippen LogP contribution >= 0.6 is 22.9 Å². The minimum absolute atomic E-state index is 0.310. The average molecular weight is 427 g/mol. The van der Waals surface area contributed by atoms with Crippen molar-refractivity contribution < 1.29 is 14.3 Å². The number of hydrogen-bond acceptors (Lipinski definition) is 4. The third kappa shape index (κ3) is 4.91. The van der Waals surface area contributed by atoms with Gasteiger partial charge in [0.1, 0.15) is 0 Å². The van der Waals surface area contributed by atoms with Crippen molar-refractivity contribution in [2.75, 3.05) is 6.61 Å². The molecule has 0 atom stereocenters. The molecule has 0 spiro atoms. The van der Waals surface area contributed by atoms with Crippen molar-refractivity contribution in [1.29, 1.82) is 0 Å². The van der Waals surface area contributed by atoms with Gasteiger partial charge in [0.05, 0.1) is 22.4 Å². The fourth-order valence-corrected chi connectivity index (χ4v) is 3.99. The highest BCUT2D eigenvalue weighted by atomic mass is 35.5. The molecule has 3 rings (SSSR count). The van der Waals surface area contributed by atoms with E-state index in [1.54, 1.807) is 37.3 Å². The number of rotatable bonds is 6. The van der Waals surface area contributed by atoms with Crippen LogP contribution in [0, 0.1) is 0 Å². The summed E-state index contributed by atoms with van der Waals surface area (Å²) in [5, 5.41) is 0.562. The van der Waals surface area contributed by atoms with Gasteiger partial charge in [-0.25, -0.2) is 4.79 Å². The molecule has 7 heteroatoms. The second kappa shape index (κ2) is 9.49. The fourth-order valence-electron chi connectivity index (χ4n) is 2.71. The summed E-state index contributed by atoms with van der Waals surface area (Å²) in [5.41, 5.74) is 2.07. The molecule has 1 aromatic heterocycles. The van der Waals surface area contributed by atoms with Gasteiger partial charge >= 0.3 is 5.97 Å². The maximum Gasteiger partial charge on any atom is 0.338 e. The second-order valence-electron chi connectivity index (χ2n) is 5.99. The molecule has 0 bridgehead atoms. The van der Waals surface area contributed by atoms with E-state index in [1.165, 1.54) is 17.4 Å². The van der Waals surface area contributed by atoms with Crippen LogP contribution in [0.15, 0.2) is 66.2 Å². The van der Waals surface area contributed by atoms with Crippen molar-refractivity contribution in [3.8, 4) is 0 Å². The van der Waals surface area contributed by atoms with Crippen molar-refractivity contribution in [1.82, 2.24) is 4.57 Å². The van der Waals surface area contributed by atoms with Crippen LogP contribution in [0.3, 0.4) is 0 Å². The summed E-state index contributed by atoms with van der Waals surface area (Å²) >= 11 is 7.43. The highest BCUT2D eigenvalue weighted by Crippen LogP contribution is 2.20. The van der Waals surface area contributed by atoms with Crippen LogP contribution in [0.1, 0.15) is 22.8 Å². The minimum Gasteiger partial charge on any atom is -0.462 e. The van der Waals surface area contributed by atoms with Gasteiger partial charge in [0, 0.05) is 17.6 Å². The molecule has 29 heavy (non-hydrogen) atoms. The van der Waals surface area contributed by atoms with Crippen molar-refractivity contribution in [2.24, 2.45) is 4.99 Å². The lowest BCUT2D eigenvalue weighted by Crippen LogP contribution is -2.15. The average Bonchev–Trinajstić information content (AvgIpc) is 3.04. The maximum absolute atomic E-state index is 12.4. The van der Waals surface area contributed by atoms with Gasteiger partial charge in [-0.15, -0.1) is 6.58 Å². The summed E-state index contributed by atoms with van der Waals surface area (Å²) in [4.78, 5) is 29.1. The zero-order valence-corrected chi connectivity index (χ0v) is 17.4. The van der Waals surface area contributed by atoms with Crippen LogP contribution in [0.5, 0.6) is 0 Å². The molecule has 0 N–H and O–H groups in total. The Hall–Kier alpha value is -2.96. The van der Waals surface area contributed by atoms with E-state index < -0.39 is 5.91 Å². The van der Waals surface area contributed by atoms with E-state index >= 15 is 0 Å². The quantitative estimate of drug-likeness (QED) is 0.321. The van der Waals surface area contributed by atoms with Gasteiger partial charge in [-0.3, -0.25) is 4.79 Å². The normalized spacial score (nSPS) is 11.9. The van der Waals surface area contributed by atoms with E-state index in [4.69, 9.17) is 16.3 Å². The van der Waals surface area contributed by atoms with Gasteiger partial charge in [0.15, 0.2) is 4.80 Å². The maximum atomic E-state index is 12.4. The van der Waals surface area contributed by atoms with E-state index in [1.807, 2.05) is 28.8 Å². The molecule has 0 aliphatic rings. The highest BCUT2D eigenvalue weighted by Gasteiger charge is 2.11. The van der Waals surface area contributed by atoms with Crippen molar-refractivity contribution >= 4 is 51.1 Å². The van der Waals surface area contributed by atoms with E-state index in [2.05, 4.69) is 11.6 Å². The zero-order valence-electron chi connectivity index (χ0n) is 15.8. The van der Waals surface area contributed by atoms with Crippen LogP contribution in [0.2, 0.25) is 5.02 Å². The Morgan fingerprint density at radius 3 is 2.79 bits per heavy atom. The van der Waals surface area contributed by atoms with Crippen LogP contribution in [-0.4, -0.2) is 23.1 Å². The summed E-state index contributed by atoms with van der Waals surface area (Å²) in [6.07, 6.45) is 4.75. The number of nitrogens with zero attached hydrogens (tertiary/aromatic N) is 2. The Balaban J connectivity index is 1.99. The van der Waals surface area contributed by atoms with E-state index in [0.717, 1.165) is 15.8 Å². The van der Waals surface area contributed by atoms with E-state index in [0.29, 0.717) is 28.5 Å². The van der Waals surface area contributed by atoms with Gasteiger partial charge in [-0.05, 0) is 42.8 Å². The summed E-state index contributed by atoms with van der Waals surface area (Å²) in [6.45, 7) is 6.33. The monoisotopic (exact) mass is 426 g/mol. The molecule has 0 saturated carbocycles. The Morgan fingerprint density at radius 1 is 1.28 bits per heavy atom. The van der Waals surface area contributed by atoms with Crippen LogP contribution < -0.4 is 4.80 Å². The zero-order chi connectivity index (χ0) is 20.8. The molecule has 1 amide bonds. The molecule has 0 aliphatic heterocycles. The van der Waals surface area contributed by atoms with Gasteiger partial charge < -0.3 is 9.30 Å². The Morgan fingerprint density at radius 2 is 2.07 bits per heavy atom. The summed E-state index contributed by atoms with van der Waals surface area (Å²) in [5.74, 6) is -0.782. The number of aromatic nitrogens is 1. The summed E-state index contributed by atoms with van der Waals surface area (Å²) < 4.78 is 7.77. The number of halogens is 1. The number of ether oxygens (including phenoxy) is 1. The molecule has 0 unspecified atom stereocenters. The minimum atomic E-state index is -0.403. The summed E-state index contributed by atoms with van der Waals surface area (Å²) in [6, 6.07) is 12.5. The van der Waals surface area contributed by atoms with Crippen molar-refractivity contribution in [3.05, 3.63) is 82.1 Å². The first-order valence-electron chi connectivity index (χ1n) is 8.96. The van der Waals surface area contributed by atoms with Crippen molar-refractivity contribution in [3.63, 3.8) is 0 Å². The van der Waals surface area contributed by atoms with Crippen LogP contribution in [0.4, 0.5) is 0 Å². The second-order valence-corrected chi connectivity index (χ2v) is 7.41. The number of carbonyl (C=O) groups excluding carboxylic acids is 2.